The standard InChI is InChI=1S/C14H19N3O2S2/c15-14(20)12-7-6-11(9-16-12)21(18,19)17-8-2-4-10-3-1-5-13(10)17/h6-7,9-10,13H,1-5,8H2,(H2,15,20). The highest BCUT2D eigenvalue weighted by molar-refractivity contribution is 7.89. The van der Waals surface area contributed by atoms with E-state index in [1.54, 1.807) is 16.4 Å². The second-order valence-electron chi connectivity index (χ2n) is 5.76. The number of fused-ring (bicyclic) bond motifs is 1. The van der Waals surface area contributed by atoms with Gasteiger partial charge in [-0.3, -0.25) is 4.98 Å². The van der Waals surface area contributed by atoms with E-state index in [-0.39, 0.29) is 15.9 Å². The highest BCUT2D eigenvalue weighted by atomic mass is 32.2. The molecule has 2 aliphatic rings. The summed E-state index contributed by atoms with van der Waals surface area (Å²) in [5.41, 5.74) is 5.94. The summed E-state index contributed by atoms with van der Waals surface area (Å²) >= 11 is 4.84. The molecule has 0 aromatic carbocycles. The maximum atomic E-state index is 12.8. The molecule has 2 fully saturated rings. The molecule has 1 aliphatic carbocycles. The average molecular weight is 325 g/mol. The fourth-order valence-electron chi connectivity index (χ4n) is 3.52. The van der Waals surface area contributed by atoms with Crippen LogP contribution in [0.1, 0.15) is 37.8 Å². The molecule has 1 saturated heterocycles. The van der Waals surface area contributed by atoms with Crippen LogP contribution in [0.5, 0.6) is 0 Å². The number of thiocarbonyl (C=S) groups is 1. The van der Waals surface area contributed by atoms with Crippen LogP contribution < -0.4 is 5.73 Å². The molecule has 114 valence electrons. The third-order valence-electron chi connectivity index (χ3n) is 4.54. The van der Waals surface area contributed by atoms with E-state index in [1.165, 1.54) is 6.20 Å². The first-order chi connectivity index (χ1) is 10.00. The van der Waals surface area contributed by atoms with E-state index in [2.05, 4.69) is 4.98 Å². The second-order valence-corrected chi connectivity index (χ2v) is 8.09. The van der Waals surface area contributed by atoms with Crippen molar-refractivity contribution in [1.82, 2.24) is 9.29 Å². The summed E-state index contributed by atoms with van der Waals surface area (Å²) in [4.78, 5) is 4.46. The van der Waals surface area contributed by atoms with Gasteiger partial charge in [0.25, 0.3) is 0 Å². The summed E-state index contributed by atoms with van der Waals surface area (Å²) in [5.74, 6) is 0.525. The van der Waals surface area contributed by atoms with Crippen molar-refractivity contribution in [2.45, 2.75) is 43.0 Å². The molecule has 2 unspecified atom stereocenters. The summed E-state index contributed by atoms with van der Waals surface area (Å²) in [6, 6.07) is 3.29. The zero-order valence-corrected chi connectivity index (χ0v) is 13.4. The van der Waals surface area contributed by atoms with Gasteiger partial charge in [-0.2, -0.15) is 4.31 Å². The Bertz CT molecular complexity index is 643. The number of sulfonamides is 1. The molecule has 0 amide bonds. The Morgan fingerprint density at radius 2 is 2.05 bits per heavy atom. The highest BCUT2D eigenvalue weighted by Crippen LogP contribution is 2.39. The maximum absolute atomic E-state index is 12.8. The number of piperidine rings is 1. The number of pyridine rings is 1. The smallest absolute Gasteiger partial charge is 0.244 e. The molecule has 0 spiro atoms. The molecule has 1 aromatic heterocycles. The molecule has 3 rings (SSSR count). The predicted molar refractivity (Wildman–Crippen MR) is 84.4 cm³/mol. The third kappa shape index (κ3) is 2.69. The number of hydrogen-bond acceptors (Lipinski definition) is 4. The number of hydrogen-bond donors (Lipinski definition) is 1. The number of rotatable bonds is 3. The van der Waals surface area contributed by atoms with E-state index in [9.17, 15) is 8.42 Å². The molecule has 0 radical (unpaired) electrons. The molecule has 1 aromatic rings. The van der Waals surface area contributed by atoms with Crippen LogP contribution >= 0.6 is 12.2 Å². The number of nitrogens with two attached hydrogens (primary N) is 1. The second kappa shape index (κ2) is 5.62. The minimum Gasteiger partial charge on any atom is -0.388 e. The van der Waals surface area contributed by atoms with Gasteiger partial charge >= 0.3 is 0 Å². The van der Waals surface area contributed by atoms with E-state index in [0.29, 0.717) is 18.2 Å². The van der Waals surface area contributed by atoms with Crippen LogP contribution in [0.4, 0.5) is 0 Å². The third-order valence-corrected chi connectivity index (χ3v) is 6.65. The summed E-state index contributed by atoms with van der Waals surface area (Å²) in [5, 5.41) is 0. The fourth-order valence-corrected chi connectivity index (χ4v) is 5.34. The molecule has 2 N–H and O–H groups in total. The molecule has 5 nitrogen and oxygen atoms in total. The highest BCUT2D eigenvalue weighted by Gasteiger charge is 2.41. The summed E-state index contributed by atoms with van der Waals surface area (Å²) in [6.07, 6.45) is 6.70. The normalized spacial score (nSPS) is 26.5. The Morgan fingerprint density at radius 1 is 1.29 bits per heavy atom. The van der Waals surface area contributed by atoms with Crippen molar-refractivity contribution in [2.24, 2.45) is 11.7 Å². The van der Waals surface area contributed by atoms with Crippen molar-refractivity contribution in [1.29, 1.82) is 0 Å². The van der Waals surface area contributed by atoms with Gasteiger partial charge in [-0.05, 0) is 43.7 Å². The molecule has 1 saturated carbocycles. The lowest BCUT2D eigenvalue weighted by Crippen LogP contribution is -2.46. The Hall–Kier alpha value is -1.05. The van der Waals surface area contributed by atoms with Gasteiger partial charge in [0.05, 0.1) is 5.69 Å². The van der Waals surface area contributed by atoms with Crippen LogP contribution in [-0.4, -0.2) is 35.3 Å². The molecule has 2 heterocycles. The average Bonchev–Trinajstić information content (AvgIpc) is 2.95. The first kappa shape index (κ1) is 14.9. The van der Waals surface area contributed by atoms with Gasteiger partial charge in [0.15, 0.2) is 0 Å². The Morgan fingerprint density at radius 3 is 2.71 bits per heavy atom. The van der Waals surface area contributed by atoms with Gasteiger partial charge in [0.1, 0.15) is 9.88 Å². The lowest BCUT2D eigenvalue weighted by atomic mass is 9.94. The minimum absolute atomic E-state index is 0.166. The van der Waals surface area contributed by atoms with E-state index in [1.807, 2.05) is 0 Å². The van der Waals surface area contributed by atoms with Gasteiger partial charge in [0, 0.05) is 18.8 Å². The maximum Gasteiger partial charge on any atom is 0.244 e. The molecule has 0 bridgehead atoms. The van der Waals surface area contributed by atoms with Crippen molar-refractivity contribution in [3.63, 3.8) is 0 Å². The summed E-state index contributed by atoms with van der Waals surface area (Å²) in [7, 11) is -3.47. The lowest BCUT2D eigenvalue weighted by molar-refractivity contribution is 0.202. The first-order valence-corrected chi connectivity index (χ1v) is 9.12. The zero-order valence-electron chi connectivity index (χ0n) is 11.7. The van der Waals surface area contributed by atoms with Gasteiger partial charge in [0.2, 0.25) is 10.0 Å². The van der Waals surface area contributed by atoms with Gasteiger partial charge < -0.3 is 5.73 Å². The van der Waals surface area contributed by atoms with Crippen LogP contribution in [0, 0.1) is 5.92 Å². The number of nitrogens with zero attached hydrogens (tertiary/aromatic N) is 2. The van der Waals surface area contributed by atoms with E-state index in [0.717, 1.165) is 32.1 Å². The van der Waals surface area contributed by atoms with Gasteiger partial charge in [-0.15, -0.1) is 0 Å². The Balaban J connectivity index is 1.90. The topological polar surface area (TPSA) is 76.3 Å². The fraction of sp³-hybridized carbons (Fsp3) is 0.571. The largest absolute Gasteiger partial charge is 0.388 e. The lowest BCUT2D eigenvalue weighted by Gasteiger charge is -2.36. The summed E-state index contributed by atoms with van der Waals surface area (Å²) in [6.45, 7) is 0.612. The minimum atomic E-state index is -3.47. The monoisotopic (exact) mass is 325 g/mol. The van der Waals surface area contributed by atoms with E-state index < -0.39 is 10.0 Å². The van der Waals surface area contributed by atoms with Crippen LogP contribution in [0.2, 0.25) is 0 Å². The van der Waals surface area contributed by atoms with Crippen molar-refractivity contribution in [3.05, 3.63) is 24.0 Å². The SMILES string of the molecule is NC(=S)c1ccc(S(=O)(=O)N2CCCC3CCCC32)cn1. The van der Waals surface area contributed by atoms with Crippen LogP contribution in [0.25, 0.3) is 0 Å². The van der Waals surface area contributed by atoms with Crippen molar-refractivity contribution >= 4 is 27.2 Å². The van der Waals surface area contributed by atoms with Gasteiger partial charge in [-0.1, -0.05) is 18.6 Å². The Labute approximate surface area is 130 Å². The first-order valence-electron chi connectivity index (χ1n) is 7.28. The van der Waals surface area contributed by atoms with Crippen molar-refractivity contribution in [3.8, 4) is 0 Å². The number of aromatic nitrogens is 1. The molecule has 21 heavy (non-hydrogen) atoms. The molecule has 2 atom stereocenters. The molecule has 7 heteroatoms. The zero-order chi connectivity index (χ0) is 15.0. The van der Waals surface area contributed by atoms with Gasteiger partial charge in [-0.25, -0.2) is 8.42 Å². The molecular weight excluding hydrogens is 306 g/mol. The van der Waals surface area contributed by atoms with E-state index in [4.69, 9.17) is 18.0 Å². The predicted octanol–water partition coefficient (Wildman–Crippen LogP) is 1.67. The van der Waals surface area contributed by atoms with Crippen LogP contribution in [0.3, 0.4) is 0 Å². The van der Waals surface area contributed by atoms with Crippen molar-refractivity contribution in [2.75, 3.05) is 6.54 Å². The van der Waals surface area contributed by atoms with Crippen molar-refractivity contribution < 1.29 is 8.42 Å². The summed E-state index contributed by atoms with van der Waals surface area (Å²) < 4.78 is 27.4. The van der Waals surface area contributed by atoms with Crippen LogP contribution in [0.15, 0.2) is 23.2 Å². The quantitative estimate of drug-likeness (QED) is 0.856. The Kier molecular flexibility index (Phi) is 3.98. The molecule has 1 aliphatic heterocycles. The molecular formula is C14H19N3O2S2. The van der Waals surface area contributed by atoms with E-state index >= 15 is 0 Å². The van der Waals surface area contributed by atoms with Crippen LogP contribution in [-0.2, 0) is 10.0 Å².